The van der Waals surface area contributed by atoms with Crippen molar-refractivity contribution in [3.8, 4) is 148 Å². The number of nitrogens with zero attached hydrogens (tertiary/aromatic N) is 12. The van der Waals surface area contributed by atoms with Crippen LogP contribution in [0, 0.1) is 0 Å². The summed E-state index contributed by atoms with van der Waals surface area (Å²) in [4.78, 5) is 63.5. The molecule has 394 valence electrons. The zero-order valence-corrected chi connectivity index (χ0v) is 44.9. The molecule has 8 aromatic carbocycles. The minimum atomic E-state index is 0.126. The molecular weight excluding hydrogens is 1030 g/mol. The van der Waals surface area contributed by atoms with Crippen LogP contribution in [0.15, 0.2) is 279 Å². The first-order valence-electron chi connectivity index (χ1n) is 27.4. The second-order valence-electron chi connectivity index (χ2n) is 19.7. The SMILES string of the molecule is c1ccc(-c2cc(-c3ccccc3)nc(-c3cc(-c4nc(-c5ccccc5)cc(-c5ccccc5)n4)nc(-c4nc(-c5nc(-c6ccccc6)cc(-c6ccccc6)n5)cc(-c5nc(-c6ccccc6)cc(-c6ccccc6)n5)n4)n3)n2)cc1. The summed E-state index contributed by atoms with van der Waals surface area (Å²) >= 11 is 0. The van der Waals surface area contributed by atoms with Crippen molar-refractivity contribution in [2.45, 2.75) is 0 Å². The number of hydrogen-bond acceptors (Lipinski definition) is 12. The van der Waals surface area contributed by atoms with Crippen LogP contribution in [0.2, 0.25) is 0 Å². The van der Waals surface area contributed by atoms with Gasteiger partial charge in [0, 0.05) is 44.5 Å². The summed E-state index contributed by atoms with van der Waals surface area (Å²) in [6.07, 6.45) is 0. The fourth-order valence-electron chi connectivity index (χ4n) is 9.85. The molecule has 0 aliphatic rings. The van der Waals surface area contributed by atoms with Gasteiger partial charge in [0.25, 0.3) is 0 Å². The predicted molar refractivity (Wildman–Crippen MR) is 331 cm³/mol. The highest BCUT2D eigenvalue weighted by Crippen LogP contribution is 2.35. The van der Waals surface area contributed by atoms with Gasteiger partial charge in [-0.25, -0.2) is 59.8 Å². The Kier molecular flexibility index (Phi) is 13.7. The van der Waals surface area contributed by atoms with Crippen LogP contribution in [-0.4, -0.2) is 59.8 Å². The van der Waals surface area contributed by atoms with Crippen LogP contribution in [0.4, 0.5) is 0 Å². The Bertz CT molecular complexity index is 3800. The molecule has 0 spiro atoms. The first-order chi connectivity index (χ1) is 41.6. The summed E-state index contributed by atoms with van der Waals surface area (Å²) in [6.45, 7) is 0. The first kappa shape index (κ1) is 50.5. The normalized spacial score (nSPS) is 11.1. The molecule has 0 aliphatic heterocycles. The second kappa shape index (κ2) is 22.8. The third kappa shape index (κ3) is 10.8. The third-order valence-corrected chi connectivity index (χ3v) is 14.0. The van der Waals surface area contributed by atoms with E-state index < -0.39 is 0 Å². The Morgan fingerprint density at radius 2 is 0.238 bits per heavy atom. The van der Waals surface area contributed by atoms with E-state index in [0.717, 1.165) is 44.5 Å². The zero-order chi connectivity index (χ0) is 56.0. The second-order valence-corrected chi connectivity index (χ2v) is 19.7. The van der Waals surface area contributed by atoms with E-state index >= 15 is 0 Å². The summed E-state index contributed by atoms with van der Waals surface area (Å²) < 4.78 is 0. The van der Waals surface area contributed by atoms with Crippen LogP contribution < -0.4 is 0 Å². The van der Waals surface area contributed by atoms with Crippen molar-refractivity contribution in [1.82, 2.24) is 59.8 Å². The lowest BCUT2D eigenvalue weighted by Crippen LogP contribution is -2.07. The first-order valence-corrected chi connectivity index (χ1v) is 27.4. The van der Waals surface area contributed by atoms with Gasteiger partial charge in [0.2, 0.25) is 0 Å². The lowest BCUT2D eigenvalue weighted by molar-refractivity contribution is 1.04. The number of aromatic nitrogens is 12. The van der Waals surface area contributed by atoms with Crippen LogP contribution in [0.5, 0.6) is 0 Å². The third-order valence-electron chi connectivity index (χ3n) is 14.0. The van der Waals surface area contributed by atoms with Gasteiger partial charge in [-0.05, 0) is 36.4 Å². The standard InChI is InChI=1S/C72H46N12/c1-9-25-47(26-10-1)55-41-56(48-27-11-2-12-28-48)74-67(73-55)63-45-64(68-75-57(49-29-13-3-14-30-49)42-58(76-68)50-31-15-4-16-32-50)82-71(81-63)72-83-65(69-77-59(51-33-17-5-18-34-51)43-60(78-69)52-35-19-6-20-36-52)46-66(84-72)70-79-61(53-37-21-7-22-38-53)44-62(80-70)54-39-23-8-24-40-54/h1-46H. The Labute approximate surface area is 484 Å². The van der Waals surface area contributed by atoms with Gasteiger partial charge < -0.3 is 0 Å². The summed E-state index contributed by atoms with van der Waals surface area (Å²) in [5, 5.41) is 0. The predicted octanol–water partition coefficient (Wildman–Crippen LogP) is 16.1. The van der Waals surface area contributed by atoms with E-state index in [1.165, 1.54) is 0 Å². The minimum Gasteiger partial charge on any atom is -0.227 e. The molecule has 0 unspecified atom stereocenters. The molecule has 14 aromatic rings. The van der Waals surface area contributed by atoms with E-state index in [4.69, 9.17) is 59.8 Å². The molecule has 0 radical (unpaired) electrons. The Balaban J connectivity index is 1.06. The average molecular weight is 1080 g/mol. The molecule has 6 heterocycles. The van der Waals surface area contributed by atoms with Crippen LogP contribution >= 0.6 is 0 Å². The van der Waals surface area contributed by atoms with Crippen molar-refractivity contribution in [3.05, 3.63) is 279 Å². The van der Waals surface area contributed by atoms with E-state index in [1.54, 1.807) is 0 Å². The molecule has 6 aromatic heterocycles. The fraction of sp³-hybridized carbons (Fsp3) is 0. The summed E-state index contributed by atoms with van der Waals surface area (Å²) in [5.74, 6) is 1.57. The van der Waals surface area contributed by atoms with Gasteiger partial charge >= 0.3 is 0 Å². The molecule has 0 saturated carbocycles. The number of rotatable bonds is 13. The van der Waals surface area contributed by atoms with E-state index in [2.05, 4.69) is 0 Å². The molecule has 0 amide bonds. The van der Waals surface area contributed by atoms with Gasteiger partial charge in [0.1, 0.15) is 22.8 Å². The van der Waals surface area contributed by atoms with Crippen LogP contribution in [0.1, 0.15) is 0 Å². The molecule has 0 N–H and O–H groups in total. The Morgan fingerprint density at radius 3 is 0.381 bits per heavy atom. The molecule has 0 fully saturated rings. The Hall–Kier alpha value is -11.8. The van der Waals surface area contributed by atoms with Gasteiger partial charge in [-0.3, -0.25) is 0 Å². The van der Waals surface area contributed by atoms with Gasteiger partial charge in [0.05, 0.1) is 45.6 Å². The molecule has 12 nitrogen and oxygen atoms in total. The molecule has 0 aliphatic carbocycles. The maximum absolute atomic E-state index is 5.36. The monoisotopic (exact) mass is 1080 g/mol. The highest BCUT2D eigenvalue weighted by Gasteiger charge is 2.24. The van der Waals surface area contributed by atoms with Crippen molar-refractivity contribution in [2.24, 2.45) is 0 Å². The van der Waals surface area contributed by atoms with Crippen LogP contribution in [0.3, 0.4) is 0 Å². The van der Waals surface area contributed by atoms with E-state index in [0.29, 0.717) is 91.6 Å². The van der Waals surface area contributed by atoms with Gasteiger partial charge in [-0.2, -0.15) is 0 Å². The largest absolute Gasteiger partial charge is 0.227 e. The molecular formula is C72H46N12. The maximum Gasteiger partial charge on any atom is 0.199 e. The minimum absolute atomic E-state index is 0.126. The van der Waals surface area contributed by atoms with E-state index in [1.807, 2.05) is 279 Å². The highest BCUT2D eigenvalue weighted by molar-refractivity contribution is 5.78. The van der Waals surface area contributed by atoms with Crippen LogP contribution in [0.25, 0.3) is 148 Å². The highest BCUT2D eigenvalue weighted by atomic mass is 15.1. The van der Waals surface area contributed by atoms with Crippen molar-refractivity contribution in [1.29, 1.82) is 0 Å². The number of hydrogen-bond donors (Lipinski definition) is 0. The van der Waals surface area contributed by atoms with Gasteiger partial charge in [-0.1, -0.05) is 243 Å². The zero-order valence-electron chi connectivity index (χ0n) is 44.9. The smallest absolute Gasteiger partial charge is 0.199 e. The summed E-state index contributed by atoms with van der Waals surface area (Å²) in [5.41, 5.74) is 14.3. The van der Waals surface area contributed by atoms with Crippen LogP contribution in [-0.2, 0) is 0 Å². The molecule has 14 rings (SSSR count). The van der Waals surface area contributed by atoms with E-state index in [9.17, 15) is 0 Å². The Morgan fingerprint density at radius 1 is 0.119 bits per heavy atom. The van der Waals surface area contributed by atoms with Crippen molar-refractivity contribution in [3.63, 3.8) is 0 Å². The van der Waals surface area contributed by atoms with Crippen molar-refractivity contribution in [2.75, 3.05) is 0 Å². The molecule has 12 heteroatoms. The van der Waals surface area contributed by atoms with Crippen molar-refractivity contribution >= 4 is 0 Å². The fourth-order valence-corrected chi connectivity index (χ4v) is 9.85. The van der Waals surface area contributed by atoms with Crippen molar-refractivity contribution < 1.29 is 0 Å². The van der Waals surface area contributed by atoms with Gasteiger partial charge in [0.15, 0.2) is 34.9 Å². The van der Waals surface area contributed by atoms with E-state index in [-0.39, 0.29) is 11.6 Å². The lowest BCUT2D eigenvalue weighted by Gasteiger charge is -2.14. The molecule has 0 atom stereocenters. The summed E-state index contributed by atoms with van der Waals surface area (Å²) in [6, 6.07) is 91.9. The molecule has 0 saturated heterocycles. The average Bonchev–Trinajstić information content (AvgIpc) is 3.30. The quantitative estimate of drug-likeness (QED) is 0.108. The molecule has 84 heavy (non-hydrogen) atoms. The maximum atomic E-state index is 5.36. The van der Waals surface area contributed by atoms with Gasteiger partial charge in [-0.15, -0.1) is 0 Å². The number of benzene rings is 8. The summed E-state index contributed by atoms with van der Waals surface area (Å²) in [7, 11) is 0. The lowest BCUT2D eigenvalue weighted by atomic mass is 10.1. The topological polar surface area (TPSA) is 155 Å². The molecule has 0 bridgehead atoms.